The highest BCUT2D eigenvalue weighted by Gasteiger charge is 2.07. The zero-order chi connectivity index (χ0) is 13.1. The molecule has 0 heterocycles. The average Bonchev–Trinajstić information content (AvgIpc) is 2.32. The van der Waals surface area contributed by atoms with Gasteiger partial charge in [0.15, 0.2) is 0 Å². The molecule has 2 heteroatoms. The third kappa shape index (κ3) is 2.65. The Balaban J connectivity index is 2.22. The quantitative estimate of drug-likeness (QED) is 0.832. The van der Waals surface area contributed by atoms with E-state index in [1.165, 1.54) is 16.8 Å². The van der Waals surface area contributed by atoms with E-state index in [0.29, 0.717) is 0 Å². The van der Waals surface area contributed by atoms with Crippen molar-refractivity contribution in [3.05, 3.63) is 59.2 Å². The van der Waals surface area contributed by atoms with E-state index >= 15 is 0 Å². The summed E-state index contributed by atoms with van der Waals surface area (Å²) in [6.07, 6.45) is 0. The van der Waals surface area contributed by atoms with Gasteiger partial charge in [0.05, 0.1) is 0 Å². The van der Waals surface area contributed by atoms with Crippen molar-refractivity contribution in [2.24, 2.45) is 0 Å². The first-order chi connectivity index (χ1) is 8.58. The van der Waals surface area contributed by atoms with Crippen LogP contribution >= 0.6 is 0 Å². The van der Waals surface area contributed by atoms with E-state index in [2.05, 4.69) is 56.1 Å². The van der Waals surface area contributed by atoms with Crippen LogP contribution in [-0.2, 0) is 6.54 Å². The zero-order valence-corrected chi connectivity index (χ0v) is 11.3. The van der Waals surface area contributed by atoms with Crippen molar-refractivity contribution in [2.45, 2.75) is 20.4 Å². The lowest BCUT2D eigenvalue weighted by Gasteiger charge is -2.22. The third-order valence-corrected chi connectivity index (χ3v) is 3.26. The predicted octanol–water partition coefficient (Wildman–Crippen LogP) is 3.52. The monoisotopic (exact) mass is 240 g/mol. The molecule has 2 rings (SSSR count). The summed E-state index contributed by atoms with van der Waals surface area (Å²) in [6.45, 7) is 5.08. The molecule has 0 spiro atoms. The highest BCUT2D eigenvalue weighted by atomic mass is 15.1. The second-order valence-corrected chi connectivity index (χ2v) is 4.84. The van der Waals surface area contributed by atoms with E-state index in [1.54, 1.807) is 0 Å². The van der Waals surface area contributed by atoms with Crippen LogP contribution in [0.25, 0.3) is 0 Å². The second-order valence-electron chi connectivity index (χ2n) is 4.84. The SMILES string of the molecule is Cc1cccc(CN(C)c2cccc(N)c2C)c1. The molecule has 0 aromatic heterocycles. The van der Waals surface area contributed by atoms with Gasteiger partial charge in [-0.25, -0.2) is 0 Å². The average molecular weight is 240 g/mol. The van der Waals surface area contributed by atoms with E-state index in [9.17, 15) is 0 Å². The molecule has 0 saturated heterocycles. The van der Waals surface area contributed by atoms with Crippen molar-refractivity contribution in [3.63, 3.8) is 0 Å². The lowest BCUT2D eigenvalue weighted by atomic mass is 10.1. The van der Waals surface area contributed by atoms with Crippen LogP contribution in [-0.4, -0.2) is 7.05 Å². The molecule has 0 radical (unpaired) electrons. The molecule has 2 N–H and O–H groups in total. The van der Waals surface area contributed by atoms with E-state index in [4.69, 9.17) is 5.73 Å². The van der Waals surface area contributed by atoms with Crippen LogP contribution in [0.1, 0.15) is 16.7 Å². The summed E-state index contributed by atoms with van der Waals surface area (Å²) in [7, 11) is 2.10. The molecule has 0 aliphatic carbocycles. The van der Waals surface area contributed by atoms with Crippen molar-refractivity contribution < 1.29 is 0 Å². The van der Waals surface area contributed by atoms with Crippen LogP contribution in [0.4, 0.5) is 11.4 Å². The molecular weight excluding hydrogens is 220 g/mol. The fraction of sp³-hybridized carbons (Fsp3) is 0.250. The number of benzene rings is 2. The molecule has 0 fully saturated rings. The van der Waals surface area contributed by atoms with Crippen LogP contribution in [0.3, 0.4) is 0 Å². The normalized spacial score (nSPS) is 10.4. The summed E-state index contributed by atoms with van der Waals surface area (Å²) in [5.41, 5.74) is 11.8. The molecule has 0 bridgehead atoms. The number of aryl methyl sites for hydroxylation is 1. The van der Waals surface area contributed by atoms with Gasteiger partial charge in [-0.05, 0) is 37.1 Å². The number of nitrogen functional groups attached to an aromatic ring is 1. The maximum absolute atomic E-state index is 5.95. The Morgan fingerprint density at radius 1 is 1.06 bits per heavy atom. The van der Waals surface area contributed by atoms with E-state index < -0.39 is 0 Å². The van der Waals surface area contributed by atoms with Crippen molar-refractivity contribution in [1.82, 2.24) is 0 Å². The van der Waals surface area contributed by atoms with Crippen molar-refractivity contribution in [2.75, 3.05) is 17.7 Å². The molecule has 2 aromatic rings. The molecule has 0 atom stereocenters. The number of nitrogens with two attached hydrogens (primary N) is 1. The highest BCUT2D eigenvalue weighted by Crippen LogP contribution is 2.25. The molecule has 94 valence electrons. The molecule has 0 amide bonds. The Bertz CT molecular complexity index is 547. The number of anilines is 2. The Morgan fingerprint density at radius 2 is 1.78 bits per heavy atom. The largest absolute Gasteiger partial charge is 0.398 e. The number of rotatable bonds is 3. The highest BCUT2D eigenvalue weighted by molar-refractivity contribution is 5.63. The molecule has 0 aliphatic rings. The van der Waals surface area contributed by atoms with Gasteiger partial charge in [0.25, 0.3) is 0 Å². The summed E-state index contributed by atoms with van der Waals surface area (Å²) in [6, 6.07) is 14.7. The van der Waals surface area contributed by atoms with Gasteiger partial charge in [-0.2, -0.15) is 0 Å². The minimum absolute atomic E-state index is 0.851. The van der Waals surface area contributed by atoms with Crippen LogP contribution in [0.15, 0.2) is 42.5 Å². The van der Waals surface area contributed by atoms with Crippen molar-refractivity contribution in [3.8, 4) is 0 Å². The minimum Gasteiger partial charge on any atom is -0.398 e. The van der Waals surface area contributed by atoms with Gasteiger partial charge >= 0.3 is 0 Å². The van der Waals surface area contributed by atoms with Crippen LogP contribution < -0.4 is 10.6 Å². The van der Waals surface area contributed by atoms with Crippen LogP contribution in [0.5, 0.6) is 0 Å². The molecule has 0 aliphatic heterocycles. The summed E-state index contributed by atoms with van der Waals surface area (Å²) in [4.78, 5) is 2.24. The summed E-state index contributed by atoms with van der Waals surface area (Å²) in [5, 5.41) is 0. The Hall–Kier alpha value is -1.96. The third-order valence-electron chi connectivity index (χ3n) is 3.26. The molecule has 2 aromatic carbocycles. The van der Waals surface area contributed by atoms with Gasteiger partial charge in [-0.15, -0.1) is 0 Å². The number of hydrogen-bond acceptors (Lipinski definition) is 2. The first-order valence-electron chi connectivity index (χ1n) is 6.19. The summed E-state index contributed by atoms with van der Waals surface area (Å²) < 4.78 is 0. The fourth-order valence-corrected chi connectivity index (χ4v) is 2.22. The molecule has 2 nitrogen and oxygen atoms in total. The van der Waals surface area contributed by atoms with E-state index in [0.717, 1.165) is 17.8 Å². The Morgan fingerprint density at radius 3 is 2.50 bits per heavy atom. The van der Waals surface area contributed by atoms with Gasteiger partial charge in [-0.3, -0.25) is 0 Å². The van der Waals surface area contributed by atoms with Crippen LogP contribution in [0.2, 0.25) is 0 Å². The van der Waals surface area contributed by atoms with E-state index in [1.807, 2.05) is 12.1 Å². The molecular formula is C16H20N2. The van der Waals surface area contributed by atoms with Crippen LogP contribution in [0, 0.1) is 13.8 Å². The van der Waals surface area contributed by atoms with Crippen molar-refractivity contribution in [1.29, 1.82) is 0 Å². The predicted molar refractivity (Wildman–Crippen MR) is 78.9 cm³/mol. The van der Waals surface area contributed by atoms with Gasteiger partial charge < -0.3 is 10.6 Å². The number of hydrogen-bond donors (Lipinski definition) is 1. The topological polar surface area (TPSA) is 29.3 Å². The molecule has 0 saturated carbocycles. The van der Waals surface area contributed by atoms with Gasteiger partial charge in [0, 0.05) is 25.0 Å². The van der Waals surface area contributed by atoms with E-state index in [-0.39, 0.29) is 0 Å². The smallest absolute Gasteiger partial charge is 0.0426 e. The molecule has 0 unspecified atom stereocenters. The first-order valence-corrected chi connectivity index (χ1v) is 6.19. The van der Waals surface area contributed by atoms with Gasteiger partial charge in [0.1, 0.15) is 0 Å². The first kappa shape index (κ1) is 12.5. The zero-order valence-electron chi connectivity index (χ0n) is 11.3. The maximum atomic E-state index is 5.95. The van der Waals surface area contributed by atoms with Gasteiger partial charge in [0.2, 0.25) is 0 Å². The number of nitrogens with zero attached hydrogens (tertiary/aromatic N) is 1. The second kappa shape index (κ2) is 5.13. The van der Waals surface area contributed by atoms with Crippen molar-refractivity contribution >= 4 is 11.4 Å². The van der Waals surface area contributed by atoms with Gasteiger partial charge in [-0.1, -0.05) is 35.9 Å². The molecule has 18 heavy (non-hydrogen) atoms. The summed E-state index contributed by atoms with van der Waals surface area (Å²) in [5.74, 6) is 0. The Labute approximate surface area is 109 Å². The Kier molecular flexibility index (Phi) is 3.56. The lowest BCUT2D eigenvalue weighted by molar-refractivity contribution is 0.916. The maximum Gasteiger partial charge on any atom is 0.0426 e. The standard InChI is InChI=1S/C16H20N2/c1-12-6-4-7-14(10-12)11-18(3)16-9-5-8-15(17)13(16)2/h4-10H,11,17H2,1-3H3. The fourth-order valence-electron chi connectivity index (χ4n) is 2.22. The minimum atomic E-state index is 0.851. The summed E-state index contributed by atoms with van der Waals surface area (Å²) >= 11 is 0. The lowest BCUT2D eigenvalue weighted by Crippen LogP contribution is -2.17.